The van der Waals surface area contributed by atoms with Gasteiger partial charge in [0.05, 0.1) is 11.3 Å². The molecule has 0 unspecified atom stereocenters. The van der Waals surface area contributed by atoms with Crippen molar-refractivity contribution in [2.24, 2.45) is 0 Å². The lowest BCUT2D eigenvalue weighted by Gasteiger charge is -2.21. The number of fused-ring (bicyclic) bond motifs is 1. The van der Waals surface area contributed by atoms with Gasteiger partial charge in [0.1, 0.15) is 5.58 Å². The Morgan fingerprint density at radius 1 is 1.17 bits per heavy atom. The van der Waals surface area contributed by atoms with Crippen LogP contribution in [0.3, 0.4) is 0 Å². The van der Waals surface area contributed by atoms with Crippen LogP contribution in [0.25, 0.3) is 11.0 Å². The highest BCUT2D eigenvalue weighted by molar-refractivity contribution is 6.38. The van der Waals surface area contributed by atoms with Crippen molar-refractivity contribution >= 4 is 46.6 Å². The summed E-state index contributed by atoms with van der Waals surface area (Å²) in [4.78, 5) is 0. The Bertz CT molecular complexity index is 546. The Morgan fingerprint density at radius 2 is 1.89 bits per heavy atom. The molecule has 2 heterocycles. The summed E-state index contributed by atoms with van der Waals surface area (Å²) in [5, 5.41) is 5.70. The zero-order valence-electron chi connectivity index (χ0n) is 9.71. The van der Waals surface area contributed by atoms with Crippen LogP contribution < -0.4 is 5.32 Å². The highest BCUT2D eigenvalue weighted by Gasteiger charge is 2.21. The maximum Gasteiger partial charge on any atom is 0.137 e. The number of hydrogen-bond acceptors (Lipinski definition) is 2. The second-order valence-electron chi connectivity index (χ2n) is 4.48. The molecule has 5 heteroatoms. The van der Waals surface area contributed by atoms with E-state index < -0.39 is 0 Å². The van der Waals surface area contributed by atoms with E-state index in [1.165, 1.54) is 5.56 Å². The molecule has 2 aromatic rings. The third-order valence-corrected chi connectivity index (χ3v) is 3.92. The summed E-state index contributed by atoms with van der Waals surface area (Å²) in [6.07, 6.45) is 4.10. The van der Waals surface area contributed by atoms with Crippen LogP contribution >= 0.6 is 35.6 Å². The number of benzene rings is 1. The topological polar surface area (TPSA) is 25.2 Å². The van der Waals surface area contributed by atoms with Crippen molar-refractivity contribution in [2.45, 2.75) is 18.8 Å². The SMILES string of the molecule is Cl.Clc1cc(Cl)c2c(C3CCNCC3)coc2c1. The predicted molar refractivity (Wildman–Crippen MR) is 78.3 cm³/mol. The van der Waals surface area contributed by atoms with E-state index >= 15 is 0 Å². The van der Waals surface area contributed by atoms with Crippen molar-refractivity contribution in [3.05, 3.63) is 34.0 Å². The van der Waals surface area contributed by atoms with Crippen molar-refractivity contribution < 1.29 is 4.42 Å². The fourth-order valence-corrected chi connectivity index (χ4v) is 3.13. The first kappa shape index (κ1) is 14.0. The Balaban J connectivity index is 0.00000120. The number of nitrogens with one attached hydrogen (secondary N) is 1. The molecular formula is C13H14Cl3NO. The van der Waals surface area contributed by atoms with E-state index in [-0.39, 0.29) is 12.4 Å². The molecule has 0 bridgehead atoms. The average Bonchev–Trinajstić information content (AvgIpc) is 2.74. The van der Waals surface area contributed by atoms with Crippen molar-refractivity contribution in [3.63, 3.8) is 0 Å². The number of halogens is 3. The zero-order chi connectivity index (χ0) is 11.8. The average molecular weight is 307 g/mol. The molecule has 1 aromatic carbocycles. The molecule has 1 fully saturated rings. The van der Waals surface area contributed by atoms with Gasteiger partial charge in [-0.05, 0) is 37.9 Å². The monoisotopic (exact) mass is 305 g/mol. The van der Waals surface area contributed by atoms with Gasteiger partial charge in [-0.25, -0.2) is 0 Å². The van der Waals surface area contributed by atoms with Crippen molar-refractivity contribution in [2.75, 3.05) is 13.1 Å². The summed E-state index contributed by atoms with van der Waals surface area (Å²) in [5.74, 6) is 0.538. The molecule has 2 nitrogen and oxygen atoms in total. The van der Waals surface area contributed by atoms with Crippen LogP contribution in [0.1, 0.15) is 24.3 Å². The molecule has 0 atom stereocenters. The van der Waals surface area contributed by atoms with Crippen molar-refractivity contribution in [3.8, 4) is 0 Å². The smallest absolute Gasteiger partial charge is 0.137 e. The van der Waals surface area contributed by atoms with E-state index in [2.05, 4.69) is 5.32 Å². The van der Waals surface area contributed by atoms with Gasteiger partial charge in [0, 0.05) is 22.0 Å². The van der Waals surface area contributed by atoms with Gasteiger partial charge < -0.3 is 9.73 Å². The quantitative estimate of drug-likeness (QED) is 0.831. The first-order valence-electron chi connectivity index (χ1n) is 5.82. The van der Waals surface area contributed by atoms with E-state index in [4.69, 9.17) is 27.6 Å². The summed E-state index contributed by atoms with van der Waals surface area (Å²) < 4.78 is 5.57. The molecule has 98 valence electrons. The van der Waals surface area contributed by atoms with Gasteiger partial charge >= 0.3 is 0 Å². The van der Waals surface area contributed by atoms with Crippen LogP contribution in [-0.2, 0) is 0 Å². The van der Waals surface area contributed by atoms with Crippen LogP contribution in [0, 0.1) is 0 Å². The van der Waals surface area contributed by atoms with E-state index in [9.17, 15) is 0 Å². The molecule has 0 saturated carbocycles. The zero-order valence-corrected chi connectivity index (χ0v) is 12.0. The minimum atomic E-state index is 0. The molecule has 0 aliphatic carbocycles. The van der Waals surface area contributed by atoms with Gasteiger partial charge in [-0.3, -0.25) is 0 Å². The molecule has 1 N–H and O–H groups in total. The normalized spacial score (nSPS) is 16.8. The Kier molecular flexibility index (Phi) is 4.44. The van der Waals surface area contributed by atoms with Gasteiger partial charge in [-0.1, -0.05) is 23.2 Å². The first-order valence-corrected chi connectivity index (χ1v) is 6.58. The molecule has 1 aliphatic rings. The minimum absolute atomic E-state index is 0. The number of furan rings is 1. The third kappa shape index (κ3) is 2.48. The number of hydrogen-bond donors (Lipinski definition) is 1. The molecular weight excluding hydrogens is 293 g/mol. The van der Waals surface area contributed by atoms with E-state index in [1.807, 2.05) is 12.3 Å². The highest BCUT2D eigenvalue weighted by Crippen LogP contribution is 2.38. The molecule has 18 heavy (non-hydrogen) atoms. The highest BCUT2D eigenvalue weighted by atomic mass is 35.5. The minimum Gasteiger partial charge on any atom is -0.464 e. The number of rotatable bonds is 1. The van der Waals surface area contributed by atoms with Gasteiger partial charge in [0.25, 0.3) is 0 Å². The second-order valence-corrected chi connectivity index (χ2v) is 5.32. The summed E-state index contributed by atoms with van der Waals surface area (Å²) in [6, 6.07) is 3.61. The Labute approximate surface area is 122 Å². The predicted octanol–water partition coefficient (Wildman–Crippen LogP) is 4.63. The van der Waals surface area contributed by atoms with Crippen LogP contribution in [-0.4, -0.2) is 13.1 Å². The lowest BCUT2D eigenvalue weighted by atomic mass is 9.90. The maximum atomic E-state index is 6.27. The summed E-state index contributed by atoms with van der Waals surface area (Å²) >= 11 is 12.2. The van der Waals surface area contributed by atoms with Crippen molar-refractivity contribution in [1.82, 2.24) is 5.32 Å². The second kappa shape index (κ2) is 5.70. The molecule has 0 radical (unpaired) electrons. The molecule has 1 aliphatic heterocycles. The van der Waals surface area contributed by atoms with Crippen LogP contribution in [0.15, 0.2) is 22.8 Å². The standard InChI is InChI=1S/C13H13Cl2NO.ClH/c14-9-5-11(15)13-10(7-17-12(13)6-9)8-1-3-16-4-2-8;/h5-8,16H,1-4H2;1H. The largest absolute Gasteiger partial charge is 0.464 e. The van der Waals surface area contributed by atoms with Crippen LogP contribution in [0.2, 0.25) is 10.0 Å². The molecule has 0 spiro atoms. The molecule has 3 rings (SSSR count). The lowest BCUT2D eigenvalue weighted by molar-refractivity contribution is 0.457. The van der Waals surface area contributed by atoms with Gasteiger partial charge in [0.15, 0.2) is 0 Å². The van der Waals surface area contributed by atoms with Gasteiger partial charge in [-0.15, -0.1) is 12.4 Å². The lowest BCUT2D eigenvalue weighted by Crippen LogP contribution is -2.26. The number of piperidine rings is 1. The fraction of sp³-hybridized carbons (Fsp3) is 0.385. The van der Waals surface area contributed by atoms with Gasteiger partial charge in [-0.2, -0.15) is 0 Å². The molecule has 0 amide bonds. The molecule has 1 saturated heterocycles. The van der Waals surface area contributed by atoms with E-state index in [1.54, 1.807) is 6.07 Å². The maximum absolute atomic E-state index is 6.27. The van der Waals surface area contributed by atoms with Crippen LogP contribution in [0.5, 0.6) is 0 Å². The molecule has 1 aromatic heterocycles. The van der Waals surface area contributed by atoms with E-state index in [0.717, 1.165) is 36.9 Å². The van der Waals surface area contributed by atoms with Gasteiger partial charge in [0.2, 0.25) is 0 Å². The fourth-order valence-electron chi connectivity index (χ4n) is 2.54. The van der Waals surface area contributed by atoms with E-state index in [0.29, 0.717) is 16.0 Å². The van der Waals surface area contributed by atoms with Crippen LogP contribution in [0.4, 0.5) is 0 Å². The Morgan fingerprint density at radius 3 is 2.61 bits per heavy atom. The summed E-state index contributed by atoms with van der Waals surface area (Å²) in [7, 11) is 0. The summed E-state index contributed by atoms with van der Waals surface area (Å²) in [5.41, 5.74) is 2.01. The third-order valence-electron chi connectivity index (χ3n) is 3.40. The summed E-state index contributed by atoms with van der Waals surface area (Å²) in [6.45, 7) is 2.12. The Hall–Kier alpha value is -0.410. The first-order chi connectivity index (χ1) is 8.25. The van der Waals surface area contributed by atoms with Crippen molar-refractivity contribution in [1.29, 1.82) is 0 Å².